The fourth-order valence-corrected chi connectivity index (χ4v) is 2.63. The zero-order valence-corrected chi connectivity index (χ0v) is 9.87. The minimum atomic E-state index is 0.455. The van der Waals surface area contributed by atoms with Crippen LogP contribution in [0, 0.1) is 5.41 Å². The third kappa shape index (κ3) is 2.71. The molecular weight excluding hydrogens is 188 g/mol. The lowest BCUT2D eigenvalue weighted by Gasteiger charge is -2.42. The summed E-state index contributed by atoms with van der Waals surface area (Å²) in [6.07, 6.45) is 5.27. The summed E-state index contributed by atoms with van der Waals surface area (Å²) in [6.45, 7) is 7.52. The van der Waals surface area contributed by atoms with Gasteiger partial charge in [-0.25, -0.2) is 0 Å². The molecule has 0 amide bonds. The van der Waals surface area contributed by atoms with Crippen LogP contribution in [0.5, 0.6) is 0 Å². The van der Waals surface area contributed by atoms with Crippen molar-refractivity contribution in [1.29, 1.82) is 0 Å². The molecule has 0 saturated carbocycles. The third-order valence-electron chi connectivity index (χ3n) is 3.92. The first kappa shape index (κ1) is 11.4. The number of hydrogen-bond acceptors (Lipinski definition) is 3. The normalized spacial score (nSPS) is 31.2. The minimum absolute atomic E-state index is 0.455. The molecule has 2 aliphatic rings. The molecule has 3 heteroatoms. The molecule has 0 spiro atoms. The SMILES string of the molecule is CC1(CCN2CCCCC2CN)COC1. The Morgan fingerprint density at radius 3 is 2.80 bits per heavy atom. The average Bonchev–Trinajstić information content (AvgIpc) is 2.24. The molecule has 2 saturated heterocycles. The van der Waals surface area contributed by atoms with Gasteiger partial charge in [0, 0.05) is 18.0 Å². The summed E-state index contributed by atoms with van der Waals surface area (Å²) in [5.74, 6) is 0. The first-order chi connectivity index (χ1) is 7.23. The van der Waals surface area contributed by atoms with Gasteiger partial charge in [0.15, 0.2) is 0 Å². The molecule has 3 nitrogen and oxygen atoms in total. The highest BCUT2D eigenvalue weighted by Crippen LogP contribution is 2.31. The van der Waals surface area contributed by atoms with E-state index in [1.807, 2.05) is 0 Å². The Morgan fingerprint density at radius 2 is 2.20 bits per heavy atom. The van der Waals surface area contributed by atoms with E-state index >= 15 is 0 Å². The van der Waals surface area contributed by atoms with Gasteiger partial charge in [-0.05, 0) is 32.4 Å². The van der Waals surface area contributed by atoms with E-state index in [0.717, 1.165) is 19.8 Å². The lowest BCUT2D eigenvalue weighted by atomic mass is 9.84. The number of nitrogens with zero attached hydrogens (tertiary/aromatic N) is 1. The van der Waals surface area contributed by atoms with Gasteiger partial charge in [0.1, 0.15) is 0 Å². The Labute approximate surface area is 93.0 Å². The number of rotatable bonds is 4. The van der Waals surface area contributed by atoms with E-state index in [1.54, 1.807) is 0 Å². The summed E-state index contributed by atoms with van der Waals surface area (Å²) in [4.78, 5) is 2.59. The first-order valence-corrected chi connectivity index (χ1v) is 6.25. The first-order valence-electron chi connectivity index (χ1n) is 6.25. The second-order valence-electron chi connectivity index (χ2n) is 5.47. The van der Waals surface area contributed by atoms with Crippen molar-refractivity contribution in [3.63, 3.8) is 0 Å². The van der Waals surface area contributed by atoms with Crippen molar-refractivity contribution in [2.75, 3.05) is 32.8 Å². The summed E-state index contributed by atoms with van der Waals surface area (Å²) < 4.78 is 5.29. The lowest BCUT2D eigenvalue weighted by Crippen LogP contribution is -2.48. The summed E-state index contributed by atoms with van der Waals surface area (Å²) in [5, 5.41) is 0. The molecule has 0 aromatic carbocycles. The number of likely N-dealkylation sites (tertiary alicyclic amines) is 1. The van der Waals surface area contributed by atoms with Crippen molar-refractivity contribution in [2.45, 2.75) is 38.6 Å². The van der Waals surface area contributed by atoms with E-state index in [1.165, 1.54) is 38.8 Å². The monoisotopic (exact) mass is 212 g/mol. The van der Waals surface area contributed by atoms with Crippen molar-refractivity contribution in [2.24, 2.45) is 11.1 Å². The Balaban J connectivity index is 1.76. The van der Waals surface area contributed by atoms with Gasteiger partial charge in [-0.15, -0.1) is 0 Å². The average molecular weight is 212 g/mol. The van der Waals surface area contributed by atoms with Crippen LogP contribution in [0.2, 0.25) is 0 Å². The smallest absolute Gasteiger partial charge is 0.0542 e. The predicted molar refractivity (Wildman–Crippen MR) is 61.8 cm³/mol. The molecular formula is C12H24N2O. The van der Waals surface area contributed by atoms with Gasteiger partial charge in [-0.1, -0.05) is 13.3 Å². The summed E-state index contributed by atoms with van der Waals surface area (Å²) >= 11 is 0. The molecule has 0 aromatic heterocycles. The highest BCUT2D eigenvalue weighted by atomic mass is 16.5. The van der Waals surface area contributed by atoms with Crippen LogP contribution in [0.25, 0.3) is 0 Å². The Kier molecular flexibility index (Phi) is 3.65. The molecule has 0 radical (unpaired) electrons. The minimum Gasteiger partial charge on any atom is -0.380 e. The highest BCUT2D eigenvalue weighted by Gasteiger charge is 2.34. The molecule has 2 N–H and O–H groups in total. The quantitative estimate of drug-likeness (QED) is 0.761. The molecule has 0 bridgehead atoms. The van der Waals surface area contributed by atoms with E-state index in [-0.39, 0.29) is 0 Å². The zero-order chi connectivity index (χ0) is 10.7. The predicted octanol–water partition coefficient (Wildman–Crippen LogP) is 1.23. The van der Waals surface area contributed by atoms with Crippen molar-refractivity contribution in [1.82, 2.24) is 4.90 Å². The second kappa shape index (κ2) is 4.81. The molecule has 0 aliphatic carbocycles. The van der Waals surface area contributed by atoms with Crippen LogP contribution in [0.15, 0.2) is 0 Å². The molecule has 88 valence electrons. The van der Waals surface area contributed by atoms with Gasteiger partial charge in [0.2, 0.25) is 0 Å². The van der Waals surface area contributed by atoms with E-state index < -0.39 is 0 Å². The van der Waals surface area contributed by atoms with Gasteiger partial charge in [-0.3, -0.25) is 4.90 Å². The third-order valence-corrected chi connectivity index (χ3v) is 3.92. The van der Waals surface area contributed by atoms with E-state index in [2.05, 4.69) is 11.8 Å². The molecule has 2 aliphatic heterocycles. The Hall–Kier alpha value is -0.120. The van der Waals surface area contributed by atoms with Crippen LogP contribution in [-0.2, 0) is 4.74 Å². The fourth-order valence-electron chi connectivity index (χ4n) is 2.63. The van der Waals surface area contributed by atoms with Crippen LogP contribution < -0.4 is 5.73 Å². The van der Waals surface area contributed by atoms with E-state index in [0.29, 0.717) is 11.5 Å². The maximum atomic E-state index is 5.81. The van der Waals surface area contributed by atoms with Crippen LogP contribution in [0.4, 0.5) is 0 Å². The molecule has 1 atom stereocenters. The number of ether oxygens (including phenoxy) is 1. The molecule has 2 heterocycles. The summed E-state index contributed by atoms with van der Waals surface area (Å²) in [5.41, 5.74) is 6.27. The van der Waals surface area contributed by atoms with Crippen LogP contribution >= 0.6 is 0 Å². The maximum Gasteiger partial charge on any atom is 0.0542 e. The molecule has 1 unspecified atom stereocenters. The molecule has 0 aromatic rings. The standard InChI is InChI=1S/C12H24N2O/c1-12(9-15-10-12)5-7-14-6-3-2-4-11(14)8-13/h11H,2-10,13H2,1H3. The second-order valence-corrected chi connectivity index (χ2v) is 5.47. The maximum absolute atomic E-state index is 5.81. The molecule has 2 fully saturated rings. The van der Waals surface area contributed by atoms with Crippen LogP contribution in [-0.4, -0.2) is 43.8 Å². The summed E-state index contributed by atoms with van der Waals surface area (Å²) in [7, 11) is 0. The largest absolute Gasteiger partial charge is 0.380 e. The van der Waals surface area contributed by atoms with Crippen molar-refractivity contribution >= 4 is 0 Å². The van der Waals surface area contributed by atoms with Gasteiger partial charge in [0.25, 0.3) is 0 Å². The van der Waals surface area contributed by atoms with Crippen molar-refractivity contribution < 1.29 is 4.74 Å². The number of piperidine rings is 1. The van der Waals surface area contributed by atoms with Gasteiger partial charge in [-0.2, -0.15) is 0 Å². The van der Waals surface area contributed by atoms with Crippen molar-refractivity contribution in [3.05, 3.63) is 0 Å². The lowest BCUT2D eigenvalue weighted by molar-refractivity contribution is -0.110. The van der Waals surface area contributed by atoms with Gasteiger partial charge in [0.05, 0.1) is 13.2 Å². The van der Waals surface area contributed by atoms with Gasteiger partial charge < -0.3 is 10.5 Å². The zero-order valence-electron chi connectivity index (χ0n) is 9.87. The van der Waals surface area contributed by atoms with E-state index in [4.69, 9.17) is 10.5 Å². The number of nitrogens with two attached hydrogens (primary N) is 1. The van der Waals surface area contributed by atoms with Crippen LogP contribution in [0.3, 0.4) is 0 Å². The Morgan fingerprint density at radius 1 is 1.40 bits per heavy atom. The van der Waals surface area contributed by atoms with E-state index in [9.17, 15) is 0 Å². The van der Waals surface area contributed by atoms with Crippen LogP contribution in [0.1, 0.15) is 32.6 Å². The summed E-state index contributed by atoms with van der Waals surface area (Å²) in [6, 6.07) is 0.642. The van der Waals surface area contributed by atoms with Gasteiger partial charge >= 0.3 is 0 Å². The molecule has 2 rings (SSSR count). The molecule has 15 heavy (non-hydrogen) atoms. The topological polar surface area (TPSA) is 38.5 Å². The fraction of sp³-hybridized carbons (Fsp3) is 1.00. The van der Waals surface area contributed by atoms with Crippen molar-refractivity contribution in [3.8, 4) is 0 Å². The number of hydrogen-bond donors (Lipinski definition) is 1. The highest BCUT2D eigenvalue weighted by molar-refractivity contribution is 4.84. The Bertz CT molecular complexity index is 204.